The van der Waals surface area contributed by atoms with Gasteiger partial charge in [0.15, 0.2) is 0 Å². The van der Waals surface area contributed by atoms with Crippen molar-refractivity contribution in [2.75, 3.05) is 6.61 Å². The number of carbonyl (C=O) groups excluding carboxylic acids is 1. The third-order valence-corrected chi connectivity index (χ3v) is 2.74. The zero-order valence-electron chi connectivity index (χ0n) is 9.40. The Bertz CT molecular complexity index is 635. The Hall–Kier alpha value is -2.08. The third kappa shape index (κ3) is 2.02. The predicted molar refractivity (Wildman–Crippen MR) is 65.9 cm³/mol. The third-order valence-electron chi connectivity index (χ3n) is 2.41. The molecule has 0 bridgehead atoms. The van der Waals surface area contributed by atoms with Crippen LogP contribution in [0.3, 0.4) is 0 Å². The maximum atomic E-state index is 11.5. The van der Waals surface area contributed by atoms with Crippen LogP contribution in [0.15, 0.2) is 18.2 Å². The van der Waals surface area contributed by atoms with Crippen molar-refractivity contribution in [3.63, 3.8) is 0 Å². The fourth-order valence-electron chi connectivity index (χ4n) is 1.64. The van der Waals surface area contributed by atoms with Gasteiger partial charge in [0.2, 0.25) is 0 Å². The van der Waals surface area contributed by atoms with Gasteiger partial charge in [-0.25, -0.2) is 4.79 Å². The minimum atomic E-state index is -0.570. The number of nitro benzene ring substituents is 1. The lowest BCUT2D eigenvalue weighted by molar-refractivity contribution is -0.383. The number of H-pyrrole nitrogens is 1. The van der Waals surface area contributed by atoms with Crippen LogP contribution in [0.2, 0.25) is 5.02 Å². The molecule has 0 fully saturated rings. The first-order valence-electron chi connectivity index (χ1n) is 5.17. The van der Waals surface area contributed by atoms with Gasteiger partial charge in [-0.05, 0) is 19.1 Å². The lowest BCUT2D eigenvalue weighted by Crippen LogP contribution is -2.04. The maximum absolute atomic E-state index is 11.5. The van der Waals surface area contributed by atoms with E-state index in [-0.39, 0.29) is 23.5 Å². The number of benzene rings is 1. The van der Waals surface area contributed by atoms with Crippen molar-refractivity contribution in [1.82, 2.24) is 4.98 Å². The zero-order chi connectivity index (χ0) is 13.3. The minimum Gasteiger partial charge on any atom is -0.461 e. The van der Waals surface area contributed by atoms with Crippen molar-refractivity contribution in [2.45, 2.75) is 6.92 Å². The van der Waals surface area contributed by atoms with E-state index in [1.807, 2.05) is 0 Å². The highest BCUT2D eigenvalue weighted by Crippen LogP contribution is 2.31. The van der Waals surface area contributed by atoms with Gasteiger partial charge in [0, 0.05) is 11.5 Å². The lowest BCUT2D eigenvalue weighted by Gasteiger charge is -1.97. The molecule has 1 N–H and O–H groups in total. The Kier molecular flexibility index (Phi) is 3.20. The number of nitrogens with zero attached hydrogens (tertiary/aromatic N) is 1. The van der Waals surface area contributed by atoms with Crippen molar-refractivity contribution in [3.8, 4) is 0 Å². The molecule has 6 nitrogen and oxygen atoms in total. The number of hydrogen-bond acceptors (Lipinski definition) is 4. The molecule has 94 valence electrons. The summed E-state index contributed by atoms with van der Waals surface area (Å²) < 4.78 is 4.81. The molecule has 1 aromatic carbocycles. The molecular weight excluding hydrogens is 260 g/mol. The summed E-state index contributed by atoms with van der Waals surface area (Å²) in [6.45, 7) is 1.90. The SMILES string of the molecule is CCOC(=O)c1cc2c(Cl)ccc([N+](=O)[O-])c2[nH]1. The molecule has 0 saturated carbocycles. The van der Waals surface area contributed by atoms with Crippen LogP contribution < -0.4 is 0 Å². The fourth-order valence-corrected chi connectivity index (χ4v) is 1.85. The van der Waals surface area contributed by atoms with E-state index in [0.29, 0.717) is 10.4 Å². The second-order valence-electron chi connectivity index (χ2n) is 3.52. The largest absolute Gasteiger partial charge is 0.461 e. The number of ether oxygens (including phenoxy) is 1. The van der Waals surface area contributed by atoms with Crippen LogP contribution in [0, 0.1) is 10.1 Å². The summed E-state index contributed by atoms with van der Waals surface area (Å²) in [5, 5.41) is 11.6. The molecule has 0 aliphatic rings. The summed E-state index contributed by atoms with van der Waals surface area (Å²) in [5.74, 6) is -0.570. The number of fused-ring (bicyclic) bond motifs is 1. The van der Waals surface area contributed by atoms with Crippen LogP contribution in [-0.2, 0) is 4.74 Å². The Morgan fingerprint density at radius 3 is 2.89 bits per heavy atom. The van der Waals surface area contributed by atoms with Crippen molar-refractivity contribution in [1.29, 1.82) is 0 Å². The first kappa shape index (κ1) is 12.4. The number of hydrogen-bond donors (Lipinski definition) is 1. The number of halogens is 1. The van der Waals surface area contributed by atoms with Crippen LogP contribution in [0.1, 0.15) is 17.4 Å². The Morgan fingerprint density at radius 1 is 1.56 bits per heavy atom. The van der Waals surface area contributed by atoms with E-state index < -0.39 is 10.9 Å². The molecule has 0 radical (unpaired) electrons. The van der Waals surface area contributed by atoms with Crippen LogP contribution in [0.25, 0.3) is 10.9 Å². The van der Waals surface area contributed by atoms with Crippen molar-refractivity contribution in [3.05, 3.63) is 39.0 Å². The Morgan fingerprint density at radius 2 is 2.28 bits per heavy atom. The number of rotatable bonds is 3. The fraction of sp³-hybridized carbons (Fsp3) is 0.182. The Balaban J connectivity index is 2.62. The summed E-state index contributed by atoms with van der Waals surface area (Å²) in [6, 6.07) is 4.16. The molecule has 2 rings (SSSR count). The molecule has 0 aliphatic carbocycles. The summed E-state index contributed by atoms with van der Waals surface area (Å²) in [5.41, 5.74) is 0.226. The van der Waals surface area contributed by atoms with Crippen molar-refractivity contribution < 1.29 is 14.5 Å². The molecule has 0 spiro atoms. The second-order valence-corrected chi connectivity index (χ2v) is 3.92. The van der Waals surface area contributed by atoms with E-state index in [9.17, 15) is 14.9 Å². The average molecular weight is 269 g/mol. The van der Waals surface area contributed by atoms with Crippen LogP contribution in [0.5, 0.6) is 0 Å². The number of aromatic nitrogens is 1. The summed E-state index contributed by atoms with van der Waals surface area (Å²) in [4.78, 5) is 24.5. The van der Waals surface area contributed by atoms with Gasteiger partial charge in [-0.1, -0.05) is 11.6 Å². The highest BCUT2D eigenvalue weighted by atomic mass is 35.5. The highest BCUT2D eigenvalue weighted by Gasteiger charge is 2.19. The number of esters is 1. The second kappa shape index (κ2) is 4.66. The number of aromatic amines is 1. The van der Waals surface area contributed by atoms with E-state index in [1.54, 1.807) is 6.92 Å². The van der Waals surface area contributed by atoms with Crippen LogP contribution >= 0.6 is 11.6 Å². The topological polar surface area (TPSA) is 85.2 Å². The first-order chi connectivity index (χ1) is 8.54. The minimum absolute atomic E-state index is 0.134. The van der Waals surface area contributed by atoms with E-state index in [0.717, 1.165) is 0 Å². The van der Waals surface area contributed by atoms with Crippen LogP contribution in [0.4, 0.5) is 5.69 Å². The molecule has 18 heavy (non-hydrogen) atoms. The molecule has 0 atom stereocenters. The molecule has 1 heterocycles. The molecule has 0 saturated heterocycles. The van der Waals surface area contributed by atoms with Gasteiger partial charge in [0.25, 0.3) is 5.69 Å². The van der Waals surface area contributed by atoms with Gasteiger partial charge in [-0.2, -0.15) is 0 Å². The number of nitro groups is 1. The van der Waals surface area contributed by atoms with Gasteiger partial charge in [0.1, 0.15) is 11.2 Å². The monoisotopic (exact) mass is 268 g/mol. The standard InChI is InChI=1S/C11H9ClN2O4/c1-2-18-11(15)8-5-6-7(12)3-4-9(14(16)17)10(6)13-8/h3-5,13H,2H2,1H3. The number of carbonyl (C=O) groups is 1. The summed E-state index contributed by atoms with van der Waals surface area (Å²) >= 11 is 5.93. The number of nitrogens with one attached hydrogen (secondary N) is 1. The molecule has 0 amide bonds. The summed E-state index contributed by atoms with van der Waals surface area (Å²) in [6.07, 6.45) is 0. The zero-order valence-corrected chi connectivity index (χ0v) is 10.2. The average Bonchev–Trinajstić information content (AvgIpc) is 2.75. The maximum Gasteiger partial charge on any atom is 0.354 e. The lowest BCUT2D eigenvalue weighted by atomic mass is 10.2. The van der Waals surface area contributed by atoms with Gasteiger partial charge in [-0.15, -0.1) is 0 Å². The van der Waals surface area contributed by atoms with Crippen molar-refractivity contribution >= 4 is 34.2 Å². The van der Waals surface area contributed by atoms with Gasteiger partial charge in [-0.3, -0.25) is 10.1 Å². The molecule has 0 aliphatic heterocycles. The quantitative estimate of drug-likeness (QED) is 0.527. The van der Waals surface area contributed by atoms with E-state index in [1.165, 1.54) is 18.2 Å². The molecule has 1 aromatic heterocycles. The predicted octanol–water partition coefficient (Wildman–Crippen LogP) is 2.91. The smallest absolute Gasteiger partial charge is 0.354 e. The molecular formula is C11H9ClN2O4. The van der Waals surface area contributed by atoms with E-state index in [2.05, 4.69) is 4.98 Å². The van der Waals surface area contributed by atoms with Gasteiger partial charge < -0.3 is 9.72 Å². The van der Waals surface area contributed by atoms with E-state index >= 15 is 0 Å². The van der Waals surface area contributed by atoms with Gasteiger partial charge in [0.05, 0.1) is 16.6 Å². The Labute approximate surface area is 107 Å². The summed E-state index contributed by atoms with van der Waals surface area (Å²) in [7, 11) is 0. The normalized spacial score (nSPS) is 10.6. The molecule has 0 unspecified atom stereocenters. The van der Waals surface area contributed by atoms with Gasteiger partial charge >= 0.3 is 5.97 Å². The van der Waals surface area contributed by atoms with Crippen molar-refractivity contribution in [2.24, 2.45) is 0 Å². The van der Waals surface area contributed by atoms with E-state index in [4.69, 9.17) is 16.3 Å². The highest BCUT2D eigenvalue weighted by molar-refractivity contribution is 6.36. The van der Waals surface area contributed by atoms with Crippen LogP contribution in [-0.4, -0.2) is 22.5 Å². The number of non-ortho nitro benzene ring substituents is 1. The molecule has 2 aromatic rings. The molecule has 7 heteroatoms. The first-order valence-corrected chi connectivity index (χ1v) is 5.55.